The van der Waals surface area contributed by atoms with Crippen LogP contribution in [0.1, 0.15) is 33.1 Å². The minimum atomic E-state index is -0.521. The van der Waals surface area contributed by atoms with E-state index in [9.17, 15) is 0 Å². The monoisotopic (exact) mass is 301 g/mol. The van der Waals surface area contributed by atoms with Crippen molar-refractivity contribution >= 4 is 28.6 Å². The predicted molar refractivity (Wildman–Crippen MR) is 68.1 cm³/mol. The van der Waals surface area contributed by atoms with Gasteiger partial charge in [-0.15, -0.1) is 7.39 Å². The molecule has 3 heteroatoms. The Morgan fingerprint density at radius 2 is 1.58 bits per heavy atom. The van der Waals surface area contributed by atoms with Crippen molar-refractivity contribution in [3.8, 4) is 0 Å². The van der Waals surface area contributed by atoms with E-state index in [1.54, 1.807) is 0 Å². The molecular formula is C9H20INS. The highest BCUT2D eigenvalue weighted by Crippen LogP contribution is 2.56. The Bertz CT molecular complexity index is 145. The Kier molecular flexibility index (Phi) is 3.75. The molecule has 0 N–H and O–H groups in total. The number of halogens is 1. The molecule has 0 bridgehead atoms. The highest BCUT2D eigenvalue weighted by Gasteiger charge is 2.31. The summed E-state index contributed by atoms with van der Waals surface area (Å²) in [4.78, 5) is 0. The van der Waals surface area contributed by atoms with E-state index in [0.717, 1.165) is 12.1 Å². The van der Waals surface area contributed by atoms with E-state index >= 15 is 0 Å². The van der Waals surface area contributed by atoms with Crippen LogP contribution in [0.5, 0.6) is 0 Å². The lowest BCUT2D eigenvalue weighted by Crippen LogP contribution is -2.42. The number of hydrogen-bond acceptors (Lipinski definition) is 1. The molecule has 1 heterocycles. The second-order valence-electron chi connectivity index (χ2n) is 4.14. The fourth-order valence-corrected chi connectivity index (χ4v) is 6.51. The van der Waals surface area contributed by atoms with Crippen molar-refractivity contribution in [2.24, 2.45) is 0 Å². The van der Waals surface area contributed by atoms with Crippen molar-refractivity contribution in [3.05, 3.63) is 0 Å². The van der Waals surface area contributed by atoms with Gasteiger partial charge in [0.05, 0.1) is 0 Å². The van der Waals surface area contributed by atoms with Gasteiger partial charge in [0, 0.05) is 12.1 Å². The third kappa shape index (κ3) is 2.51. The molecular weight excluding hydrogens is 281 g/mol. The van der Waals surface area contributed by atoms with Gasteiger partial charge in [-0.1, -0.05) is 6.42 Å². The van der Waals surface area contributed by atoms with Gasteiger partial charge >= 0.3 is 0 Å². The van der Waals surface area contributed by atoms with Crippen LogP contribution in [0.25, 0.3) is 0 Å². The lowest BCUT2D eigenvalue weighted by Gasteiger charge is -2.48. The van der Waals surface area contributed by atoms with E-state index < -0.39 is 7.39 Å². The molecule has 0 aromatic carbocycles. The fraction of sp³-hybridized carbons (Fsp3) is 1.00. The van der Waals surface area contributed by atoms with Crippen LogP contribution < -0.4 is 0 Å². The second-order valence-corrected chi connectivity index (χ2v) is 13.3. The van der Waals surface area contributed by atoms with Crippen molar-refractivity contribution in [1.29, 1.82) is 0 Å². The molecule has 0 aromatic rings. The summed E-state index contributed by atoms with van der Waals surface area (Å²) in [5, 5.41) is 0. The molecule has 0 aromatic heterocycles. The smallest absolute Gasteiger partial charge is 0.0169 e. The summed E-state index contributed by atoms with van der Waals surface area (Å²) in [5.41, 5.74) is 0. The Morgan fingerprint density at radius 3 is 1.83 bits per heavy atom. The van der Waals surface area contributed by atoms with Crippen molar-refractivity contribution < 1.29 is 0 Å². The quantitative estimate of drug-likeness (QED) is 0.669. The lowest BCUT2D eigenvalue weighted by atomic mass is 10.0. The van der Waals surface area contributed by atoms with Gasteiger partial charge in [-0.3, -0.25) is 4.31 Å². The Labute approximate surface area is 90.3 Å². The molecule has 0 spiro atoms. The maximum atomic E-state index is 2.73. The Balaban J connectivity index is 2.69. The minimum Gasteiger partial charge on any atom is -0.254 e. The van der Waals surface area contributed by atoms with Gasteiger partial charge in [0.15, 0.2) is 0 Å². The summed E-state index contributed by atoms with van der Waals surface area (Å²) in [5.74, 6) is 0. The third-order valence-electron chi connectivity index (χ3n) is 2.61. The van der Waals surface area contributed by atoms with Crippen molar-refractivity contribution in [2.75, 3.05) is 12.5 Å². The largest absolute Gasteiger partial charge is 0.254 e. The van der Waals surface area contributed by atoms with Crippen LogP contribution in [0.4, 0.5) is 0 Å². The average molecular weight is 301 g/mol. The van der Waals surface area contributed by atoms with Crippen molar-refractivity contribution in [1.82, 2.24) is 4.31 Å². The first-order valence-electron chi connectivity index (χ1n) is 4.64. The summed E-state index contributed by atoms with van der Waals surface area (Å²) in [6, 6.07) is 1.60. The summed E-state index contributed by atoms with van der Waals surface area (Å²) < 4.78 is 2.73. The van der Waals surface area contributed by atoms with E-state index in [2.05, 4.69) is 51.9 Å². The van der Waals surface area contributed by atoms with E-state index in [-0.39, 0.29) is 0 Å². The molecule has 1 fully saturated rings. The first-order valence-corrected chi connectivity index (χ1v) is 9.59. The van der Waals surface area contributed by atoms with Crippen molar-refractivity contribution in [3.63, 3.8) is 0 Å². The first-order chi connectivity index (χ1) is 5.43. The van der Waals surface area contributed by atoms with Crippen LogP contribution in [0, 0.1) is 0 Å². The molecule has 12 heavy (non-hydrogen) atoms. The topological polar surface area (TPSA) is 3.24 Å². The maximum Gasteiger partial charge on any atom is 0.0169 e. The standard InChI is InChI=1S/C9H20INS/c1-8-6-5-7-9(2)11(8)12(3,4)10/h8-9H,5-7H2,1-4H3. The van der Waals surface area contributed by atoms with Gasteiger partial charge in [-0.05, 0) is 60.4 Å². The summed E-state index contributed by atoms with van der Waals surface area (Å²) in [7, 11) is -0.521. The lowest BCUT2D eigenvalue weighted by molar-refractivity contribution is 0.220. The van der Waals surface area contributed by atoms with Gasteiger partial charge in [0.1, 0.15) is 0 Å². The normalized spacial score (nSPS) is 35.1. The van der Waals surface area contributed by atoms with Gasteiger partial charge < -0.3 is 0 Å². The van der Waals surface area contributed by atoms with Crippen LogP contribution in [-0.4, -0.2) is 28.9 Å². The molecule has 74 valence electrons. The van der Waals surface area contributed by atoms with Crippen LogP contribution >= 0.6 is 28.6 Å². The maximum absolute atomic E-state index is 2.73. The zero-order valence-electron chi connectivity index (χ0n) is 8.51. The summed E-state index contributed by atoms with van der Waals surface area (Å²) >= 11 is 2.64. The minimum absolute atomic E-state index is 0.521. The summed E-state index contributed by atoms with van der Waals surface area (Å²) in [6.07, 6.45) is 9.00. The molecule has 0 radical (unpaired) electrons. The van der Waals surface area contributed by atoms with Gasteiger partial charge in [-0.25, -0.2) is 0 Å². The fourth-order valence-electron chi connectivity index (χ4n) is 2.25. The molecule has 1 saturated heterocycles. The molecule has 2 unspecified atom stereocenters. The number of nitrogens with zero attached hydrogens (tertiary/aromatic N) is 1. The highest BCUT2D eigenvalue weighted by molar-refractivity contribution is 14.2. The van der Waals surface area contributed by atoms with E-state index in [4.69, 9.17) is 0 Å². The van der Waals surface area contributed by atoms with Crippen LogP contribution in [0.15, 0.2) is 0 Å². The van der Waals surface area contributed by atoms with Crippen LogP contribution in [0.2, 0.25) is 0 Å². The van der Waals surface area contributed by atoms with Gasteiger partial charge in [-0.2, -0.15) is 0 Å². The second kappa shape index (κ2) is 4.05. The molecule has 1 rings (SSSR count). The van der Waals surface area contributed by atoms with E-state index in [0.29, 0.717) is 0 Å². The SMILES string of the molecule is CC1CCCC(C)N1S(C)(C)I. The zero-order valence-corrected chi connectivity index (χ0v) is 11.5. The predicted octanol–water partition coefficient (Wildman–Crippen LogP) is 3.58. The molecule has 1 aliphatic rings. The number of piperidine rings is 1. The van der Waals surface area contributed by atoms with Gasteiger partial charge in [0.2, 0.25) is 0 Å². The van der Waals surface area contributed by atoms with E-state index in [1.807, 2.05) is 0 Å². The van der Waals surface area contributed by atoms with Gasteiger partial charge in [0.25, 0.3) is 0 Å². The van der Waals surface area contributed by atoms with Crippen LogP contribution in [-0.2, 0) is 0 Å². The van der Waals surface area contributed by atoms with Crippen LogP contribution in [0.3, 0.4) is 0 Å². The average Bonchev–Trinajstić information content (AvgIpc) is 1.82. The zero-order chi connectivity index (χ0) is 9.35. The first kappa shape index (κ1) is 11.1. The molecule has 2 atom stereocenters. The number of hydrogen-bond donors (Lipinski definition) is 0. The Hall–Kier alpha value is 1.04. The molecule has 0 amide bonds. The Morgan fingerprint density at radius 1 is 1.17 bits per heavy atom. The van der Waals surface area contributed by atoms with E-state index in [1.165, 1.54) is 19.3 Å². The molecule has 1 aliphatic heterocycles. The molecule has 0 saturated carbocycles. The summed E-state index contributed by atoms with van der Waals surface area (Å²) in [6.45, 7) is 4.76. The third-order valence-corrected chi connectivity index (χ3v) is 5.70. The molecule has 0 aliphatic carbocycles. The molecule has 1 nitrogen and oxygen atoms in total. The number of rotatable bonds is 1. The van der Waals surface area contributed by atoms with Crippen molar-refractivity contribution in [2.45, 2.75) is 45.2 Å². The highest BCUT2D eigenvalue weighted by atomic mass is 127.